The van der Waals surface area contributed by atoms with Gasteiger partial charge in [-0.25, -0.2) is 4.79 Å². The molecule has 18 heavy (non-hydrogen) atoms. The van der Waals surface area contributed by atoms with Crippen molar-refractivity contribution < 1.29 is 4.79 Å². The van der Waals surface area contributed by atoms with E-state index in [9.17, 15) is 4.79 Å². The van der Waals surface area contributed by atoms with Gasteiger partial charge in [0.15, 0.2) is 0 Å². The summed E-state index contributed by atoms with van der Waals surface area (Å²) in [6.07, 6.45) is 5.50. The van der Waals surface area contributed by atoms with Crippen LogP contribution in [0.2, 0.25) is 0 Å². The molecule has 0 aromatic heterocycles. The van der Waals surface area contributed by atoms with Gasteiger partial charge in [0.25, 0.3) is 0 Å². The van der Waals surface area contributed by atoms with E-state index in [1.54, 1.807) is 0 Å². The van der Waals surface area contributed by atoms with Crippen molar-refractivity contribution in [1.82, 2.24) is 10.6 Å². The van der Waals surface area contributed by atoms with Gasteiger partial charge in [0.05, 0.1) is 6.04 Å². The number of rotatable bonds is 5. The molecule has 2 amide bonds. The first kappa shape index (κ1) is 12.9. The minimum absolute atomic E-state index is 0.0344. The van der Waals surface area contributed by atoms with E-state index in [4.69, 9.17) is 0 Å². The van der Waals surface area contributed by atoms with Crippen LogP contribution in [0.3, 0.4) is 0 Å². The molecule has 1 aliphatic carbocycles. The fourth-order valence-corrected chi connectivity index (χ4v) is 2.49. The number of hydrogen-bond donors (Lipinski definition) is 2. The van der Waals surface area contributed by atoms with E-state index in [2.05, 4.69) is 35.8 Å². The Bertz CT molecular complexity index is 403. The van der Waals surface area contributed by atoms with E-state index < -0.39 is 0 Å². The summed E-state index contributed by atoms with van der Waals surface area (Å²) in [5.41, 5.74) is 2.65. The molecule has 1 atom stereocenters. The zero-order chi connectivity index (χ0) is 12.8. The summed E-state index contributed by atoms with van der Waals surface area (Å²) in [5, 5.41) is 5.99. The zero-order valence-electron chi connectivity index (χ0n) is 11.0. The molecule has 98 valence electrons. The highest BCUT2D eigenvalue weighted by Gasteiger charge is 2.22. The summed E-state index contributed by atoms with van der Waals surface area (Å²) in [7, 11) is 0. The number of aryl methyl sites for hydroxylation is 1. The summed E-state index contributed by atoms with van der Waals surface area (Å²) >= 11 is 0. The maximum absolute atomic E-state index is 11.7. The van der Waals surface area contributed by atoms with Crippen LogP contribution >= 0.6 is 0 Å². The molecular weight excluding hydrogens is 224 g/mol. The second-order valence-electron chi connectivity index (χ2n) is 4.90. The quantitative estimate of drug-likeness (QED) is 0.770. The van der Waals surface area contributed by atoms with Gasteiger partial charge in [0, 0.05) is 6.54 Å². The Labute approximate surface area is 109 Å². The van der Waals surface area contributed by atoms with Crippen LogP contribution in [-0.2, 0) is 6.42 Å². The van der Waals surface area contributed by atoms with Crippen LogP contribution in [0.15, 0.2) is 24.3 Å². The van der Waals surface area contributed by atoms with E-state index in [1.807, 2.05) is 6.07 Å². The number of carbonyl (C=O) groups is 1. The Kier molecular flexibility index (Phi) is 4.62. The molecule has 1 aromatic rings. The Morgan fingerprint density at radius 2 is 2.17 bits per heavy atom. The van der Waals surface area contributed by atoms with Crippen molar-refractivity contribution in [3.63, 3.8) is 0 Å². The fourth-order valence-electron chi connectivity index (χ4n) is 2.49. The van der Waals surface area contributed by atoms with Gasteiger partial charge in [0.1, 0.15) is 0 Å². The van der Waals surface area contributed by atoms with Crippen LogP contribution < -0.4 is 10.6 Å². The first-order chi connectivity index (χ1) is 8.81. The van der Waals surface area contributed by atoms with E-state index in [0.29, 0.717) is 0 Å². The van der Waals surface area contributed by atoms with Gasteiger partial charge in [-0.15, -0.1) is 0 Å². The van der Waals surface area contributed by atoms with Crippen molar-refractivity contribution in [2.24, 2.45) is 0 Å². The van der Waals surface area contributed by atoms with Gasteiger partial charge in [-0.1, -0.05) is 44.0 Å². The van der Waals surface area contributed by atoms with Crippen LogP contribution in [0.5, 0.6) is 0 Å². The maximum atomic E-state index is 11.7. The van der Waals surface area contributed by atoms with Crippen molar-refractivity contribution in [2.75, 3.05) is 6.54 Å². The number of nitrogens with one attached hydrogen (secondary N) is 2. The highest BCUT2D eigenvalue weighted by Crippen LogP contribution is 2.30. The monoisotopic (exact) mass is 246 g/mol. The molecule has 2 N–H and O–H groups in total. The minimum Gasteiger partial charge on any atom is -0.338 e. The topological polar surface area (TPSA) is 41.1 Å². The van der Waals surface area contributed by atoms with Gasteiger partial charge in [-0.3, -0.25) is 0 Å². The Balaban J connectivity index is 1.79. The highest BCUT2D eigenvalue weighted by molar-refractivity contribution is 5.74. The average molecular weight is 246 g/mol. The first-order valence-corrected chi connectivity index (χ1v) is 6.93. The molecule has 0 heterocycles. The average Bonchev–Trinajstić information content (AvgIpc) is 2.78. The number of unbranched alkanes of at least 4 members (excludes halogenated alkanes) is 2. The normalized spacial score (nSPS) is 17.3. The number of urea groups is 1. The van der Waals surface area contributed by atoms with E-state index in [1.165, 1.54) is 24.0 Å². The molecule has 0 saturated heterocycles. The van der Waals surface area contributed by atoms with Crippen LogP contribution in [0, 0.1) is 0 Å². The third kappa shape index (κ3) is 3.25. The molecule has 0 fully saturated rings. The molecule has 3 nitrogen and oxygen atoms in total. The summed E-state index contributed by atoms with van der Waals surface area (Å²) < 4.78 is 0. The summed E-state index contributed by atoms with van der Waals surface area (Å²) in [4.78, 5) is 11.7. The molecule has 1 aromatic carbocycles. The lowest BCUT2D eigenvalue weighted by Crippen LogP contribution is -2.37. The second kappa shape index (κ2) is 6.43. The SMILES string of the molecule is CCCCCNC(=O)NC1CCc2ccccc21. The van der Waals surface area contributed by atoms with Crippen LogP contribution in [0.4, 0.5) is 4.79 Å². The van der Waals surface area contributed by atoms with Crippen molar-refractivity contribution in [3.8, 4) is 0 Å². The van der Waals surface area contributed by atoms with E-state index in [-0.39, 0.29) is 12.1 Å². The summed E-state index contributed by atoms with van der Waals surface area (Å²) in [6.45, 7) is 2.93. The molecule has 1 aliphatic rings. The van der Waals surface area contributed by atoms with Crippen LogP contribution in [-0.4, -0.2) is 12.6 Å². The Hall–Kier alpha value is -1.51. The predicted octanol–water partition coefficient (Wildman–Crippen LogP) is 3.16. The lowest BCUT2D eigenvalue weighted by Gasteiger charge is -2.14. The first-order valence-electron chi connectivity index (χ1n) is 6.93. The van der Waals surface area contributed by atoms with Gasteiger partial charge < -0.3 is 10.6 Å². The standard InChI is InChI=1S/C15H22N2O/c1-2-3-6-11-16-15(18)17-14-10-9-12-7-4-5-8-13(12)14/h4-5,7-8,14H,2-3,6,9-11H2,1H3,(H2,16,17,18). The van der Waals surface area contributed by atoms with Crippen molar-refractivity contribution in [2.45, 2.75) is 45.1 Å². The van der Waals surface area contributed by atoms with Gasteiger partial charge >= 0.3 is 6.03 Å². The number of fused-ring (bicyclic) bond motifs is 1. The predicted molar refractivity (Wildman–Crippen MR) is 73.6 cm³/mol. The minimum atomic E-state index is -0.0344. The molecule has 0 aliphatic heterocycles. The third-order valence-electron chi connectivity index (χ3n) is 3.50. The van der Waals surface area contributed by atoms with Crippen molar-refractivity contribution in [1.29, 1.82) is 0 Å². The highest BCUT2D eigenvalue weighted by atomic mass is 16.2. The van der Waals surface area contributed by atoms with E-state index in [0.717, 1.165) is 25.8 Å². The Morgan fingerprint density at radius 1 is 1.33 bits per heavy atom. The molecule has 1 unspecified atom stereocenters. The van der Waals surface area contributed by atoms with E-state index >= 15 is 0 Å². The van der Waals surface area contributed by atoms with Crippen molar-refractivity contribution >= 4 is 6.03 Å². The third-order valence-corrected chi connectivity index (χ3v) is 3.50. The largest absolute Gasteiger partial charge is 0.338 e. The lowest BCUT2D eigenvalue weighted by atomic mass is 10.1. The summed E-state index contributed by atoms with van der Waals surface area (Å²) in [6, 6.07) is 8.52. The van der Waals surface area contributed by atoms with Crippen molar-refractivity contribution in [3.05, 3.63) is 35.4 Å². The lowest BCUT2D eigenvalue weighted by molar-refractivity contribution is 0.237. The van der Waals surface area contributed by atoms with Gasteiger partial charge in [-0.05, 0) is 30.4 Å². The molecule has 0 spiro atoms. The molecule has 0 bridgehead atoms. The molecule has 3 heteroatoms. The molecule has 2 rings (SSSR count). The number of amides is 2. The Morgan fingerprint density at radius 3 is 3.00 bits per heavy atom. The molecular formula is C15H22N2O. The number of carbonyl (C=O) groups excluding carboxylic acids is 1. The van der Waals surface area contributed by atoms with Gasteiger partial charge in [-0.2, -0.15) is 0 Å². The second-order valence-corrected chi connectivity index (χ2v) is 4.90. The zero-order valence-corrected chi connectivity index (χ0v) is 11.0. The smallest absolute Gasteiger partial charge is 0.315 e. The number of benzene rings is 1. The maximum Gasteiger partial charge on any atom is 0.315 e. The molecule has 0 radical (unpaired) electrons. The molecule has 0 saturated carbocycles. The van der Waals surface area contributed by atoms with Crippen LogP contribution in [0.25, 0.3) is 0 Å². The van der Waals surface area contributed by atoms with Crippen LogP contribution in [0.1, 0.15) is 49.8 Å². The fraction of sp³-hybridized carbons (Fsp3) is 0.533. The number of hydrogen-bond acceptors (Lipinski definition) is 1. The summed E-state index contributed by atoms with van der Waals surface area (Å²) in [5.74, 6) is 0. The van der Waals surface area contributed by atoms with Gasteiger partial charge in [0.2, 0.25) is 0 Å².